The second-order valence-electron chi connectivity index (χ2n) is 7.63. The molecule has 184 valence electrons. The van der Waals surface area contributed by atoms with E-state index in [0.29, 0.717) is 38.9 Å². The van der Waals surface area contributed by atoms with Crippen LogP contribution in [0.5, 0.6) is 11.5 Å². The first-order valence-electron chi connectivity index (χ1n) is 10.7. The Kier molecular flexibility index (Phi) is 8.35. The van der Waals surface area contributed by atoms with Gasteiger partial charge in [-0.25, -0.2) is 0 Å². The van der Waals surface area contributed by atoms with Crippen LogP contribution in [0.25, 0.3) is 6.08 Å². The van der Waals surface area contributed by atoms with Crippen LogP contribution in [0.1, 0.15) is 11.1 Å². The quantitative estimate of drug-likeness (QED) is 0.309. The zero-order valence-corrected chi connectivity index (χ0v) is 22.2. The van der Waals surface area contributed by atoms with Crippen LogP contribution in [0, 0.1) is 0 Å². The maximum atomic E-state index is 12.8. The van der Waals surface area contributed by atoms with Gasteiger partial charge in [-0.1, -0.05) is 41.9 Å². The van der Waals surface area contributed by atoms with Crippen molar-refractivity contribution in [1.29, 1.82) is 0 Å². The van der Waals surface area contributed by atoms with Crippen molar-refractivity contribution >= 4 is 68.1 Å². The highest BCUT2D eigenvalue weighted by Crippen LogP contribution is 2.38. The Balaban J connectivity index is 1.42. The average molecular weight is 588 g/mol. The van der Waals surface area contributed by atoms with E-state index in [1.165, 1.54) is 0 Å². The van der Waals surface area contributed by atoms with Crippen LogP contribution in [0.2, 0.25) is 5.02 Å². The summed E-state index contributed by atoms with van der Waals surface area (Å²) in [6.45, 7) is -0.0548. The molecule has 1 aliphatic rings. The smallest absolute Gasteiger partial charge is 0.294 e. The van der Waals surface area contributed by atoms with Crippen LogP contribution < -0.4 is 14.8 Å². The number of imide groups is 1. The molecular weight excluding hydrogens is 568 g/mol. The SMILES string of the molecule is COc1ccc(NC(=O)CN2C(=O)S/C(=C/c3cc(Cl)c(OCc4ccccc4)c(Br)c3)C2=O)cc1. The molecule has 3 aromatic rings. The van der Waals surface area contributed by atoms with Crippen molar-refractivity contribution in [2.24, 2.45) is 0 Å². The highest BCUT2D eigenvalue weighted by molar-refractivity contribution is 9.10. The van der Waals surface area contributed by atoms with E-state index in [1.54, 1.807) is 49.6 Å². The molecule has 0 atom stereocenters. The molecule has 4 rings (SSSR count). The number of carbonyl (C=O) groups is 3. The molecule has 3 amide bonds. The maximum Gasteiger partial charge on any atom is 0.294 e. The van der Waals surface area contributed by atoms with E-state index in [-0.39, 0.29) is 4.91 Å². The topological polar surface area (TPSA) is 84.9 Å². The Morgan fingerprint density at radius 3 is 2.50 bits per heavy atom. The molecule has 1 fully saturated rings. The number of carbonyl (C=O) groups excluding carboxylic acids is 3. The Labute approximate surface area is 225 Å². The number of hydrogen-bond donors (Lipinski definition) is 1. The summed E-state index contributed by atoms with van der Waals surface area (Å²) in [5.74, 6) is 0.0773. The van der Waals surface area contributed by atoms with Crippen LogP contribution in [0.3, 0.4) is 0 Å². The number of hydrogen-bond acceptors (Lipinski definition) is 6. The summed E-state index contributed by atoms with van der Waals surface area (Å²) in [4.78, 5) is 38.8. The van der Waals surface area contributed by atoms with E-state index in [9.17, 15) is 14.4 Å². The Hall–Kier alpha value is -3.27. The van der Waals surface area contributed by atoms with Gasteiger partial charge < -0.3 is 14.8 Å². The number of benzene rings is 3. The van der Waals surface area contributed by atoms with Crippen molar-refractivity contribution in [1.82, 2.24) is 4.90 Å². The first-order chi connectivity index (χ1) is 17.3. The van der Waals surface area contributed by atoms with Crippen molar-refractivity contribution in [3.63, 3.8) is 0 Å². The van der Waals surface area contributed by atoms with Crippen molar-refractivity contribution in [2.45, 2.75) is 6.61 Å². The summed E-state index contributed by atoms with van der Waals surface area (Å²) in [5.41, 5.74) is 2.12. The van der Waals surface area contributed by atoms with Gasteiger partial charge in [0.2, 0.25) is 5.91 Å². The number of halogens is 2. The van der Waals surface area contributed by atoms with Crippen LogP contribution >= 0.6 is 39.3 Å². The van der Waals surface area contributed by atoms with Crippen molar-refractivity contribution < 1.29 is 23.9 Å². The summed E-state index contributed by atoms with van der Waals surface area (Å²) in [7, 11) is 1.54. The molecule has 0 aromatic heterocycles. The highest BCUT2D eigenvalue weighted by atomic mass is 79.9. The van der Waals surface area contributed by atoms with Crippen molar-refractivity contribution in [3.8, 4) is 11.5 Å². The predicted molar refractivity (Wildman–Crippen MR) is 144 cm³/mol. The lowest BCUT2D eigenvalue weighted by Gasteiger charge is -2.13. The summed E-state index contributed by atoms with van der Waals surface area (Å²) >= 11 is 10.7. The van der Waals surface area contributed by atoms with E-state index in [2.05, 4.69) is 21.2 Å². The molecule has 0 aliphatic carbocycles. The molecule has 1 aliphatic heterocycles. The highest BCUT2D eigenvalue weighted by Gasteiger charge is 2.36. The Morgan fingerprint density at radius 2 is 1.83 bits per heavy atom. The zero-order chi connectivity index (χ0) is 25.7. The minimum Gasteiger partial charge on any atom is -0.497 e. The van der Waals surface area contributed by atoms with E-state index in [4.69, 9.17) is 21.1 Å². The number of ether oxygens (including phenoxy) is 2. The predicted octanol–water partition coefficient (Wildman–Crippen LogP) is 6.37. The zero-order valence-electron chi connectivity index (χ0n) is 19.0. The fourth-order valence-corrected chi connectivity index (χ4v) is 5.16. The van der Waals surface area contributed by atoms with Crippen molar-refractivity contribution in [2.75, 3.05) is 19.0 Å². The lowest BCUT2D eigenvalue weighted by Crippen LogP contribution is -2.36. The summed E-state index contributed by atoms with van der Waals surface area (Å²) in [6, 6.07) is 19.8. The third-order valence-corrected chi connectivity index (χ3v) is 6.87. The molecule has 7 nitrogen and oxygen atoms in total. The van der Waals surface area contributed by atoms with Gasteiger partial charge in [-0.15, -0.1) is 0 Å². The lowest BCUT2D eigenvalue weighted by atomic mass is 10.2. The second-order valence-corrected chi connectivity index (χ2v) is 9.89. The lowest BCUT2D eigenvalue weighted by molar-refractivity contribution is -0.127. The molecule has 0 spiro atoms. The van der Waals surface area contributed by atoms with Gasteiger partial charge >= 0.3 is 0 Å². The summed E-state index contributed by atoms with van der Waals surface area (Å²) in [5, 5.41) is 2.49. The number of methoxy groups -OCH3 is 1. The minimum atomic E-state index is -0.550. The molecule has 0 radical (unpaired) electrons. The third-order valence-electron chi connectivity index (χ3n) is 5.09. The summed E-state index contributed by atoms with van der Waals surface area (Å²) < 4.78 is 11.5. The van der Waals surface area contributed by atoms with Gasteiger partial charge in [-0.2, -0.15) is 0 Å². The second kappa shape index (κ2) is 11.6. The van der Waals surface area contributed by atoms with Crippen molar-refractivity contribution in [3.05, 3.63) is 92.3 Å². The van der Waals surface area contributed by atoms with Gasteiger partial charge in [0.25, 0.3) is 11.1 Å². The number of nitrogens with zero attached hydrogens (tertiary/aromatic N) is 1. The first kappa shape index (κ1) is 25.8. The molecule has 36 heavy (non-hydrogen) atoms. The number of amides is 3. The van der Waals surface area contributed by atoms with Gasteiger partial charge in [-0.05, 0) is 81.3 Å². The van der Waals surface area contributed by atoms with E-state index in [1.807, 2.05) is 30.3 Å². The minimum absolute atomic E-state index is 0.193. The Morgan fingerprint density at radius 1 is 1.11 bits per heavy atom. The molecule has 3 aromatic carbocycles. The number of nitrogens with one attached hydrogen (secondary N) is 1. The van der Waals surface area contributed by atoms with Gasteiger partial charge in [-0.3, -0.25) is 19.3 Å². The van der Waals surface area contributed by atoms with Crippen LogP contribution in [0.4, 0.5) is 10.5 Å². The number of anilines is 1. The molecule has 1 heterocycles. The van der Waals surface area contributed by atoms with Crippen LogP contribution in [-0.2, 0) is 16.2 Å². The van der Waals surface area contributed by atoms with Gasteiger partial charge in [0, 0.05) is 5.69 Å². The third kappa shape index (κ3) is 6.29. The Bertz CT molecular complexity index is 1310. The van der Waals surface area contributed by atoms with Crippen LogP contribution in [0.15, 0.2) is 76.1 Å². The number of rotatable bonds is 8. The van der Waals surface area contributed by atoms with Gasteiger partial charge in [0.05, 0.1) is 21.5 Å². The molecule has 1 N–H and O–H groups in total. The maximum absolute atomic E-state index is 12.8. The van der Waals surface area contributed by atoms with E-state index < -0.39 is 23.6 Å². The average Bonchev–Trinajstić information content (AvgIpc) is 3.11. The fraction of sp³-hybridized carbons (Fsp3) is 0.115. The summed E-state index contributed by atoms with van der Waals surface area (Å²) in [6.07, 6.45) is 1.56. The van der Waals surface area contributed by atoms with E-state index in [0.717, 1.165) is 22.2 Å². The first-order valence-corrected chi connectivity index (χ1v) is 12.7. The monoisotopic (exact) mass is 586 g/mol. The molecule has 1 saturated heterocycles. The molecule has 10 heteroatoms. The largest absolute Gasteiger partial charge is 0.497 e. The van der Waals surface area contributed by atoms with Gasteiger partial charge in [0.15, 0.2) is 5.75 Å². The van der Waals surface area contributed by atoms with Crippen LogP contribution in [-0.4, -0.2) is 35.6 Å². The van der Waals surface area contributed by atoms with Gasteiger partial charge in [0.1, 0.15) is 18.9 Å². The molecule has 0 unspecified atom stereocenters. The fourth-order valence-electron chi connectivity index (χ4n) is 3.34. The molecule has 0 bridgehead atoms. The molecule has 0 saturated carbocycles. The standard InChI is InChI=1S/C26H20BrClN2O5S/c1-34-19-9-7-18(8-10-19)29-23(31)14-30-25(32)22(36-26(30)33)13-17-11-20(27)24(21(28)12-17)35-15-16-5-3-2-4-6-16/h2-13H,14-15H2,1H3,(H,29,31)/b22-13+. The number of thioether (sulfide) groups is 1. The normalized spacial score (nSPS) is 14.3. The molecular formula is C26H20BrClN2O5S. The van der Waals surface area contributed by atoms with E-state index >= 15 is 0 Å².